The molecule has 0 aliphatic carbocycles. The van der Waals surface area contributed by atoms with Gasteiger partial charge in [-0.1, -0.05) is 115 Å². The minimum Gasteiger partial charge on any atom is -0.456 e. The maximum atomic E-state index is 6.57. The van der Waals surface area contributed by atoms with Crippen LogP contribution in [0.15, 0.2) is 167 Å². The van der Waals surface area contributed by atoms with Gasteiger partial charge in [-0.15, -0.1) is 11.3 Å². The smallest absolute Gasteiger partial charge is 0.231 e. The molecule has 0 saturated carbocycles. The van der Waals surface area contributed by atoms with Gasteiger partial charge in [0.25, 0.3) is 0 Å². The number of aromatic nitrogens is 2. The molecule has 5 heteroatoms. The normalized spacial score (nSPS) is 11.9. The van der Waals surface area contributed by atoms with E-state index in [4.69, 9.17) is 18.8 Å². The van der Waals surface area contributed by atoms with Crippen LogP contribution in [0.4, 0.5) is 0 Å². The molecule has 7 aromatic carbocycles. The summed E-state index contributed by atoms with van der Waals surface area (Å²) in [5.74, 6) is 0.642. The third-order valence-corrected chi connectivity index (χ3v) is 11.2. The number of furan rings is 2. The number of hydrogen-bond acceptors (Lipinski definition) is 5. The SMILES string of the molecule is c1ccc(-c2ccc3c(c2)oc2nc(-c4ccccc4)nc(-c4cccc5c4sc4ccc(-c6ccc7oc8ccccc8c7c6)cc45)c23)cc1. The highest BCUT2D eigenvalue weighted by atomic mass is 32.1. The van der Waals surface area contributed by atoms with Crippen molar-refractivity contribution in [3.05, 3.63) is 158 Å². The van der Waals surface area contributed by atoms with E-state index in [0.29, 0.717) is 11.5 Å². The van der Waals surface area contributed by atoms with Crippen LogP contribution in [-0.2, 0) is 0 Å². The van der Waals surface area contributed by atoms with E-state index >= 15 is 0 Å². The number of benzene rings is 7. The van der Waals surface area contributed by atoms with Gasteiger partial charge in [0, 0.05) is 47.5 Å². The third kappa shape index (κ3) is 4.45. The van der Waals surface area contributed by atoms with Crippen LogP contribution >= 0.6 is 11.3 Å². The molecule has 0 amide bonds. The maximum absolute atomic E-state index is 6.57. The summed E-state index contributed by atoms with van der Waals surface area (Å²) in [4.78, 5) is 10.3. The molecule has 51 heavy (non-hydrogen) atoms. The lowest BCUT2D eigenvalue weighted by Gasteiger charge is -2.08. The van der Waals surface area contributed by atoms with Crippen LogP contribution in [0.2, 0.25) is 0 Å². The Labute approximate surface area is 295 Å². The molecule has 0 atom stereocenters. The predicted molar refractivity (Wildman–Crippen MR) is 211 cm³/mol. The molecule has 0 saturated heterocycles. The lowest BCUT2D eigenvalue weighted by Crippen LogP contribution is -1.94. The van der Waals surface area contributed by atoms with Crippen molar-refractivity contribution in [3.8, 4) is 44.9 Å². The van der Waals surface area contributed by atoms with Gasteiger partial charge in [-0.25, -0.2) is 4.98 Å². The van der Waals surface area contributed by atoms with Crippen molar-refractivity contribution < 1.29 is 8.83 Å². The Morgan fingerprint density at radius 2 is 1.10 bits per heavy atom. The van der Waals surface area contributed by atoms with E-state index in [-0.39, 0.29) is 0 Å². The number of rotatable bonds is 4. The Morgan fingerprint density at radius 3 is 1.96 bits per heavy atom. The number of nitrogens with zero attached hydrogens (tertiary/aromatic N) is 2. The average Bonchev–Trinajstić information content (AvgIpc) is 3.88. The van der Waals surface area contributed by atoms with Crippen molar-refractivity contribution in [1.29, 1.82) is 0 Å². The lowest BCUT2D eigenvalue weighted by atomic mass is 9.99. The number of hydrogen-bond donors (Lipinski definition) is 0. The van der Waals surface area contributed by atoms with E-state index in [1.165, 1.54) is 25.7 Å². The van der Waals surface area contributed by atoms with E-state index in [1.807, 2.05) is 48.5 Å². The molecule has 4 aromatic heterocycles. The Bertz CT molecular complexity index is 3140. The summed E-state index contributed by atoms with van der Waals surface area (Å²) in [6.45, 7) is 0. The van der Waals surface area contributed by atoms with Crippen LogP contribution in [0, 0.1) is 0 Å². The molecule has 0 aliphatic heterocycles. The Hall–Kier alpha value is -6.56. The van der Waals surface area contributed by atoms with Gasteiger partial charge in [-0.3, -0.25) is 0 Å². The lowest BCUT2D eigenvalue weighted by molar-refractivity contribution is 0.654. The van der Waals surface area contributed by atoms with Crippen molar-refractivity contribution in [3.63, 3.8) is 0 Å². The highest BCUT2D eigenvalue weighted by Gasteiger charge is 2.21. The minimum absolute atomic E-state index is 0.585. The maximum Gasteiger partial charge on any atom is 0.231 e. The second kappa shape index (κ2) is 11.0. The van der Waals surface area contributed by atoms with Crippen LogP contribution in [0.1, 0.15) is 0 Å². The zero-order chi connectivity index (χ0) is 33.5. The molecule has 0 aliphatic rings. The van der Waals surface area contributed by atoms with Crippen molar-refractivity contribution in [2.75, 3.05) is 0 Å². The van der Waals surface area contributed by atoms with E-state index in [0.717, 1.165) is 71.8 Å². The van der Waals surface area contributed by atoms with E-state index in [9.17, 15) is 0 Å². The molecule has 238 valence electrons. The van der Waals surface area contributed by atoms with E-state index in [1.54, 1.807) is 11.3 Å². The van der Waals surface area contributed by atoms with Gasteiger partial charge in [0.1, 0.15) is 16.7 Å². The van der Waals surface area contributed by atoms with Gasteiger partial charge in [-0.2, -0.15) is 4.98 Å². The summed E-state index contributed by atoms with van der Waals surface area (Å²) in [7, 11) is 0. The van der Waals surface area contributed by atoms with Crippen LogP contribution in [0.3, 0.4) is 0 Å². The van der Waals surface area contributed by atoms with Crippen LogP contribution in [-0.4, -0.2) is 9.97 Å². The van der Waals surface area contributed by atoms with Gasteiger partial charge in [0.05, 0.1) is 11.1 Å². The molecule has 4 nitrogen and oxygen atoms in total. The Kier molecular flexibility index (Phi) is 6.09. The highest BCUT2D eigenvalue weighted by Crippen LogP contribution is 2.45. The first-order valence-corrected chi connectivity index (χ1v) is 17.8. The third-order valence-electron chi connectivity index (χ3n) is 9.93. The van der Waals surface area contributed by atoms with Gasteiger partial charge in [0.15, 0.2) is 5.82 Å². The number of thiophene rings is 1. The molecular weight excluding hydrogens is 645 g/mol. The average molecular weight is 671 g/mol. The van der Waals surface area contributed by atoms with Gasteiger partial charge >= 0.3 is 0 Å². The van der Waals surface area contributed by atoms with Crippen LogP contribution in [0.25, 0.3) is 109 Å². The first-order valence-electron chi connectivity index (χ1n) is 17.0. The molecule has 0 unspecified atom stereocenters. The summed E-state index contributed by atoms with van der Waals surface area (Å²) in [5.41, 5.74) is 10.7. The van der Waals surface area contributed by atoms with Gasteiger partial charge < -0.3 is 8.83 Å². The summed E-state index contributed by atoms with van der Waals surface area (Å²) < 4.78 is 15.1. The quantitative estimate of drug-likeness (QED) is 0.187. The monoisotopic (exact) mass is 670 g/mol. The molecule has 0 spiro atoms. The van der Waals surface area contributed by atoms with Crippen LogP contribution < -0.4 is 0 Å². The van der Waals surface area contributed by atoms with Crippen molar-refractivity contribution in [2.24, 2.45) is 0 Å². The minimum atomic E-state index is 0.585. The molecule has 11 rings (SSSR count). The first-order chi connectivity index (χ1) is 25.2. The largest absolute Gasteiger partial charge is 0.456 e. The highest BCUT2D eigenvalue weighted by molar-refractivity contribution is 7.26. The number of fused-ring (bicyclic) bond motifs is 9. The molecule has 0 radical (unpaired) electrons. The fraction of sp³-hybridized carbons (Fsp3) is 0. The fourth-order valence-electron chi connectivity index (χ4n) is 7.47. The fourth-order valence-corrected chi connectivity index (χ4v) is 8.66. The molecule has 0 bridgehead atoms. The van der Waals surface area contributed by atoms with Crippen LogP contribution in [0.5, 0.6) is 0 Å². The summed E-state index contributed by atoms with van der Waals surface area (Å²) in [6.07, 6.45) is 0. The zero-order valence-electron chi connectivity index (χ0n) is 27.1. The Balaban J connectivity index is 1.12. The van der Waals surface area contributed by atoms with E-state index < -0.39 is 0 Å². The molecule has 0 fully saturated rings. The molecule has 4 heterocycles. The summed E-state index contributed by atoms with van der Waals surface area (Å²) in [6, 6.07) is 55.0. The van der Waals surface area contributed by atoms with Crippen molar-refractivity contribution >= 4 is 75.5 Å². The van der Waals surface area contributed by atoms with Gasteiger partial charge in [-0.05, 0) is 64.7 Å². The molecular formula is C46H26N2O2S. The first kappa shape index (κ1) is 28.3. The van der Waals surface area contributed by atoms with E-state index in [2.05, 4.69) is 109 Å². The predicted octanol–water partition coefficient (Wildman–Crippen LogP) is 13.3. The number of para-hydroxylation sites is 1. The summed E-state index contributed by atoms with van der Waals surface area (Å²) >= 11 is 1.80. The van der Waals surface area contributed by atoms with Crippen molar-refractivity contribution in [1.82, 2.24) is 9.97 Å². The molecule has 11 aromatic rings. The van der Waals surface area contributed by atoms with Gasteiger partial charge in [0.2, 0.25) is 5.71 Å². The molecule has 0 N–H and O–H groups in total. The zero-order valence-corrected chi connectivity index (χ0v) is 27.9. The standard InChI is InChI=1S/C46H26N2O2S/c1-3-10-27(11-4-1)31-18-21-34-40(26-31)50-46-42(34)43(47-45(48-46)28-12-5-2-6-13-28)35-16-9-15-33-37-25-30(20-23-41(37)51-44(33)35)29-19-22-39-36(24-29)32-14-7-8-17-38(32)49-39/h1-26H. The Morgan fingerprint density at radius 1 is 0.412 bits per heavy atom. The second-order valence-corrected chi connectivity index (χ2v) is 14.0. The van der Waals surface area contributed by atoms with Crippen molar-refractivity contribution in [2.45, 2.75) is 0 Å². The topological polar surface area (TPSA) is 52.1 Å². The second-order valence-electron chi connectivity index (χ2n) is 12.9. The summed E-state index contributed by atoms with van der Waals surface area (Å²) in [5, 5.41) is 6.62.